The van der Waals surface area contributed by atoms with E-state index in [0.717, 1.165) is 12.1 Å². The zero-order valence-corrected chi connectivity index (χ0v) is 17.5. The molecule has 166 valence electrons. The monoisotopic (exact) mass is 435 g/mol. The van der Waals surface area contributed by atoms with Crippen LogP contribution in [0.1, 0.15) is 36.7 Å². The molecule has 0 aliphatic rings. The minimum Gasteiger partial charge on any atom is -0.475 e. The summed E-state index contributed by atoms with van der Waals surface area (Å²) in [4.78, 5) is 18.5. The van der Waals surface area contributed by atoms with Gasteiger partial charge in [0.2, 0.25) is 5.88 Å². The molecular formula is C21H24F3N5O2. The van der Waals surface area contributed by atoms with Crippen LogP contribution in [0.4, 0.5) is 18.9 Å². The van der Waals surface area contributed by atoms with Gasteiger partial charge in [-0.25, -0.2) is 4.98 Å². The highest BCUT2D eigenvalue weighted by Crippen LogP contribution is 2.29. The lowest BCUT2D eigenvalue weighted by atomic mass is 10.1. The smallest absolute Gasteiger partial charge is 0.417 e. The van der Waals surface area contributed by atoms with Gasteiger partial charge in [0, 0.05) is 31.7 Å². The summed E-state index contributed by atoms with van der Waals surface area (Å²) in [7, 11) is 0. The molecule has 1 amide bonds. The Bertz CT molecular complexity index is 916. The molecule has 0 saturated heterocycles. The summed E-state index contributed by atoms with van der Waals surface area (Å²) < 4.78 is 43.5. The van der Waals surface area contributed by atoms with Crippen molar-refractivity contribution in [1.29, 1.82) is 0 Å². The predicted molar refractivity (Wildman–Crippen MR) is 114 cm³/mol. The fourth-order valence-electron chi connectivity index (χ4n) is 2.85. The van der Waals surface area contributed by atoms with Gasteiger partial charge in [-0.2, -0.15) is 28.5 Å². The van der Waals surface area contributed by atoms with E-state index < -0.39 is 11.7 Å². The van der Waals surface area contributed by atoms with Gasteiger partial charge in [-0.1, -0.05) is 12.1 Å². The van der Waals surface area contributed by atoms with Gasteiger partial charge in [-0.15, -0.1) is 0 Å². The van der Waals surface area contributed by atoms with E-state index in [2.05, 4.69) is 21.9 Å². The Balaban J connectivity index is 2.15. The van der Waals surface area contributed by atoms with E-state index in [9.17, 15) is 18.0 Å². The first kappa shape index (κ1) is 23.8. The second kappa shape index (κ2) is 10.6. The Morgan fingerprint density at radius 2 is 2.00 bits per heavy atom. The third-order valence-electron chi connectivity index (χ3n) is 4.38. The van der Waals surface area contributed by atoms with Crippen molar-refractivity contribution in [2.24, 2.45) is 10.2 Å². The van der Waals surface area contributed by atoms with Crippen molar-refractivity contribution in [1.82, 2.24) is 9.88 Å². The van der Waals surface area contributed by atoms with Crippen molar-refractivity contribution < 1.29 is 22.7 Å². The number of hydrazone groups is 2. The van der Waals surface area contributed by atoms with Crippen molar-refractivity contribution in [2.75, 3.05) is 18.3 Å². The molecule has 0 aliphatic carbocycles. The zero-order valence-electron chi connectivity index (χ0n) is 17.5. The van der Waals surface area contributed by atoms with Crippen molar-refractivity contribution in [2.45, 2.75) is 33.0 Å². The minimum atomic E-state index is -4.46. The van der Waals surface area contributed by atoms with E-state index in [1.807, 2.05) is 6.92 Å². The van der Waals surface area contributed by atoms with Crippen LogP contribution in [-0.4, -0.2) is 47.9 Å². The zero-order chi connectivity index (χ0) is 23.0. The molecule has 2 aromatic rings. The molecule has 0 aliphatic heterocycles. The number of alkyl halides is 3. The molecule has 0 unspecified atom stereocenters. The molecule has 31 heavy (non-hydrogen) atoms. The molecule has 1 heterocycles. The molecule has 0 bridgehead atoms. The third kappa shape index (κ3) is 6.03. The molecule has 10 heteroatoms. The van der Waals surface area contributed by atoms with Crippen LogP contribution in [0.3, 0.4) is 0 Å². The van der Waals surface area contributed by atoms with Gasteiger partial charge in [-0.05, 0) is 39.0 Å². The summed E-state index contributed by atoms with van der Waals surface area (Å²) >= 11 is 0. The first-order valence-corrected chi connectivity index (χ1v) is 9.54. The largest absolute Gasteiger partial charge is 0.475 e. The van der Waals surface area contributed by atoms with Crippen molar-refractivity contribution in [3.63, 3.8) is 0 Å². The lowest BCUT2D eigenvalue weighted by molar-refractivity contribution is -0.137. The number of hydrogen-bond donors (Lipinski definition) is 0. The number of anilines is 1. The van der Waals surface area contributed by atoms with Gasteiger partial charge < -0.3 is 9.64 Å². The summed E-state index contributed by atoms with van der Waals surface area (Å²) in [5.41, 5.74) is -0.0107. The van der Waals surface area contributed by atoms with Gasteiger partial charge in [-0.3, -0.25) is 4.79 Å². The Kier molecular flexibility index (Phi) is 8.12. The standard InChI is InChI=1S/C21H24F3N5O2/c1-5-27-29(25-4)18-10-8-7-9-17(18)20(30)28(6-2)15(3)14-31-19-12-11-16(13-26-19)21(22,23)24/h5,7-13,15H,4,6,14H2,1-3H3/b27-5-/t15-/m0/s1. The summed E-state index contributed by atoms with van der Waals surface area (Å²) in [6.45, 7) is 9.24. The Labute approximate surface area is 178 Å². The average molecular weight is 435 g/mol. The normalized spacial score (nSPS) is 12.5. The van der Waals surface area contributed by atoms with Crippen molar-refractivity contribution in [3.8, 4) is 5.88 Å². The van der Waals surface area contributed by atoms with Gasteiger partial charge >= 0.3 is 6.18 Å². The summed E-state index contributed by atoms with van der Waals surface area (Å²) in [5, 5.41) is 9.16. The SMILES string of the molecule is C=NN(/N=C\C)c1ccccc1C(=O)N(CC)[C@@H](C)COc1ccc(C(F)(F)F)cn1. The number of carbonyl (C=O) groups excluding carboxylic acids is 1. The molecule has 0 spiro atoms. The van der Waals surface area contributed by atoms with Crippen LogP contribution in [0.25, 0.3) is 0 Å². The number of aromatic nitrogens is 1. The Morgan fingerprint density at radius 1 is 1.29 bits per heavy atom. The van der Waals surface area contributed by atoms with Crippen LogP contribution in [0.15, 0.2) is 52.8 Å². The number of halogens is 3. The number of nitrogens with zero attached hydrogens (tertiary/aromatic N) is 5. The summed E-state index contributed by atoms with van der Waals surface area (Å²) in [6, 6.07) is 8.53. The highest BCUT2D eigenvalue weighted by Gasteiger charge is 2.31. The second-order valence-electron chi connectivity index (χ2n) is 6.46. The molecule has 0 radical (unpaired) electrons. The highest BCUT2D eigenvalue weighted by molar-refractivity contribution is 6.00. The molecule has 1 aromatic carbocycles. The Morgan fingerprint density at radius 3 is 2.55 bits per heavy atom. The van der Waals surface area contributed by atoms with Crippen LogP contribution in [0.2, 0.25) is 0 Å². The molecule has 0 fully saturated rings. The number of benzene rings is 1. The quantitative estimate of drug-likeness (QED) is 0.431. The maximum Gasteiger partial charge on any atom is 0.417 e. The van der Waals surface area contributed by atoms with Gasteiger partial charge in [0.1, 0.15) is 6.61 Å². The lowest BCUT2D eigenvalue weighted by Gasteiger charge is -2.29. The van der Waals surface area contributed by atoms with Crippen LogP contribution in [0, 0.1) is 0 Å². The van der Waals surface area contributed by atoms with Crippen LogP contribution >= 0.6 is 0 Å². The molecular weight excluding hydrogens is 411 g/mol. The minimum absolute atomic E-state index is 0.0445. The van der Waals surface area contributed by atoms with E-state index in [-0.39, 0.29) is 24.4 Å². The number of carbonyl (C=O) groups is 1. The fourth-order valence-corrected chi connectivity index (χ4v) is 2.85. The van der Waals surface area contributed by atoms with Gasteiger partial charge in [0.15, 0.2) is 0 Å². The molecule has 7 nitrogen and oxygen atoms in total. The number of hydrogen-bond acceptors (Lipinski definition) is 6. The third-order valence-corrected chi connectivity index (χ3v) is 4.38. The molecule has 2 rings (SSSR count). The average Bonchev–Trinajstić information content (AvgIpc) is 2.76. The first-order chi connectivity index (χ1) is 14.7. The molecule has 0 saturated carbocycles. The summed E-state index contributed by atoms with van der Waals surface area (Å²) in [6.07, 6.45) is -2.22. The first-order valence-electron chi connectivity index (χ1n) is 9.54. The second-order valence-corrected chi connectivity index (χ2v) is 6.46. The van der Waals surface area contributed by atoms with E-state index in [1.165, 1.54) is 11.3 Å². The van der Waals surface area contributed by atoms with Crippen LogP contribution < -0.4 is 9.85 Å². The topological polar surface area (TPSA) is 70.4 Å². The van der Waals surface area contributed by atoms with E-state index in [4.69, 9.17) is 4.74 Å². The molecule has 1 aromatic heterocycles. The maximum absolute atomic E-state index is 13.2. The number of amides is 1. The van der Waals surface area contributed by atoms with Gasteiger partial charge in [0.05, 0.1) is 22.9 Å². The lowest BCUT2D eigenvalue weighted by Crippen LogP contribution is -2.42. The van der Waals surface area contributed by atoms with Crippen molar-refractivity contribution in [3.05, 3.63) is 53.7 Å². The molecule has 0 N–H and O–H groups in total. The number of rotatable bonds is 9. The van der Waals surface area contributed by atoms with E-state index in [1.54, 1.807) is 43.0 Å². The number of para-hydroxylation sites is 1. The molecule has 1 atom stereocenters. The number of likely N-dealkylation sites (N-methyl/N-ethyl adjacent to an activating group) is 1. The van der Waals surface area contributed by atoms with Crippen LogP contribution in [0.5, 0.6) is 5.88 Å². The fraction of sp³-hybridized carbons (Fsp3) is 0.333. The maximum atomic E-state index is 13.2. The van der Waals surface area contributed by atoms with E-state index in [0.29, 0.717) is 24.0 Å². The van der Waals surface area contributed by atoms with E-state index >= 15 is 0 Å². The number of pyridine rings is 1. The van der Waals surface area contributed by atoms with Gasteiger partial charge in [0.25, 0.3) is 5.91 Å². The van der Waals surface area contributed by atoms with Crippen LogP contribution in [-0.2, 0) is 6.18 Å². The summed E-state index contributed by atoms with van der Waals surface area (Å²) in [5.74, 6) is -0.224. The highest BCUT2D eigenvalue weighted by atomic mass is 19.4. The Hall–Kier alpha value is -3.43. The number of ether oxygens (including phenoxy) is 1. The van der Waals surface area contributed by atoms with Crippen molar-refractivity contribution >= 4 is 24.5 Å². The predicted octanol–water partition coefficient (Wildman–Crippen LogP) is 4.46.